The van der Waals surface area contributed by atoms with Crippen LogP contribution in [0.1, 0.15) is 43.7 Å². The number of hydrogen-bond acceptors (Lipinski definition) is 2. The van der Waals surface area contributed by atoms with Crippen molar-refractivity contribution in [1.82, 2.24) is 4.90 Å². The Morgan fingerprint density at radius 3 is 2.67 bits per heavy atom. The SMILES string of the molecule is CCCCc1ccc(CC(=O)N2CCCC(CO)C2)cc1. The summed E-state index contributed by atoms with van der Waals surface area (Å²) in [5.41, 5.74) is 2.44. The number of unbranched alkanes of at least 4 members (excludes halogenated alkanes) is 1. The lowest BCUT2D eigenvalue weighted by Crippen LogP contribution is -2.41. The second-order valence-electron chi connectivity index (χ2n) is 6.13. The van der Waals surface area contributed by atoms with Gasteiger partial charge in [-0.3, -0.25) is 4.79 Å². The lowest BCUT2D eigenvalue weighted by molar-refractivity contribution is -0.132. The Balaban J connectivity index is 1.87. The maximum absolute atomic E-state index is 12.3. The van der Waals surface area contributed by atoms with Crippen molar-refractivity contribution in [2.24, 2.45) is 5.92 Å². The van der Waals surface area contributed by atoms with Crippen LogP contribution in [0.3, 0.4) is 0 Å². The van der Waals surface area contributed by atoms with Gasteiger partial charge >= 0.3 is 0 Å². The molecule has 0 aliphatic carbocycles. The first-order valence-corrected chi connectivity index (χ1v) is 8.19. The zero-order valence-electron chi connectivity index (χ0n) is 13.1. The Hall–Kier alpha value is -1.35. The van der Waals surface area contributed by atoms with Crippen LogP contribution in [0.4, 0.5) is 0 Å². The highest BCUT2D eigenvalue weighted by Crippen LogP contribution is 2.17. The zero-order chi connectivity index (χ0) is 15.1. The summed E-state index contributed by atoms with van der Waals surface area (Å²) < 4.78 is 0. The van der Waals surface area contributed by atoms with E-state index < -0.39 is 0 Å². The van der Waals surface area contributed by atoms with E-state index in [-0.39, 0.29) is 18.4 Å². The average Bonchev–Trinajstić information content (AvgIpc) is 2.54. The van der Waals surface area contributed by atoms with Crippen molar-refractivity contribution in [2.45, 2.75) is 45.4 Å². The average molecular weight is 289 g/mol. The number of carbonyl (C=O) groups excluding carboxylic acids is 1. The summed E-state index contributed by atoms with van der Waals surface area (Å²) in [7, 11) is 0. The molecule has 0 saturated carbocycles. The second kappa shape index (κ2) is 8.18. The molecule has 3 nitrogen and oxygen atoms in total. The van der Waals surface area contributed by atoms with E-state index in [4.69, 9.17) is 0 Å². The van der Waals surface area contributed by atoms with Crippen LogP contribution < -0.4 is 0 Å². The predicted molar refractivity (Wildman–Crippen MR) is 85.1 cm³/mol. The standard InChI is InChI=1S/C18H27NO2/c1-2-3-5-15-7-9-16(10-8-15)12-18(21)19-11-4-6-17(13-19)14-20/h7-10,17,20H,2-6,11-14H2,1H3. The van der Waals surface area contributed by atoms with E-state index in [0.717, 1.165) is 31.4 Å². The van der Waals surface area contributed by atoms with Crippen LogP contribution in [0.15, 0.2) is 24.3 Å². The number of rotatable bonds is 6. The number of piperidine rings is 1. The zero-order valence-corrected chi connectivity index (χ0v) is 13.1. The number of likely N-dealkylation sites (tertiary alicyclic amines) is 1. The monoisotopic (exact) mass is 289 g/mol. The van der Waals surface area contributed by atoms with Gasteiger partial charge in [0.05, 0.1) is 6.42 Å². The molecule has 1 N–H and O–H groups in total. The van der Waals surface area contributed by atoms with E-state index in [1.807, 2.05) is 4.90 Å². The van der Waals surface area contributed by atoms with Crippen LogP contribution in [0.5, 0.6) is 0 Å². The molecule has 0 aromatic heterocycles. The number of aryl methyl sites for hydroxylation is 1. The van der Waals surface area contributed by atoms with Crippen LogP contribution >= 0.6 is 0 Å². The minimum atomic E-state index is 0.189. The van der Waals surface area contributed by atoms with Crippen molar-refractivity contribution >= 4 is 5.91 Å². The normalized spacial score (nSPS) is 18.8. The molecule has 1 fully saturated rings. The van der Waals surface area contributed by atoms with Crippen LogP contribution in [-0.2, 0) is 17.6 Å². The Labute approximate surface area is 128 Å². The molecular weight excluding hydrogens is 262 g/mol. The molecule has 1 atom stereocenters. The molecule has 1 amide bonds. The molecule has 116 valence electrons. The quantitative estimate of drug-likeness (QED) is 0.875. The molecule has 1 heterocycles. The van der Waals surface area contributed by atoms with E-state index >= 15 is 0 Å². The van der Waals surface area contributed by atoms with Crippen LogP contribution in [0, 0.1) is 5.92 Å². The van der Waals surface area contributed by atoms with Crippen molar-refractivity contribution in [2.75, 3.05) is 19.7 Å². The second-order valence-corrected chi connectivity index (χ2v) is 6.13. The largest absolute Gasteiger partial charge is 0.396 e. The first-order chi connectivity index (χ1) is 10.2. The van der Waals surface area contributed by atoms with Gasteiger partial charge in [0.15, 0.2) is 0 Å². The lowest BCUT2D eigenvalue weighted by atomic mass is 9.98. The highest BCUT2D eigenvalue weighted by Gasteiger charge is 2.22. The molecule has 1 aromatic carbocycles. The number of aliphatic hydroxyl groups is 1. The molecule has 0 radical (unpaired) electrons. The van der Waals surface area contributed by atoms with Gasteiger partial charge in [-0.1, -0.05) is 37.6 Å². The highest BCUT2D eigenvalue weighted by atomic mass is 16.3. The highest BCUT2D eigenvalue weighted by molar-refractivity contribution is 5.78. The fourth-order valence-corrected chi connectivity index (χ4v) is 2.93. The van der Waals surface area contributed by atoms with E-state index in [0.29, 0.717) is 13.0 Å². The number of nitrogens with zero attached hydrogens (tertiary/aromatic N) is 1. The Kier molecular flexibility index (Phi) is 6.24. The first-order valence-electron chi connectivity index (χ1n) is 8.19. The number of aliphatic hydroxyl groups excluding tert-OH is 1. The molecule has 1 aliphatic heterocycles. The number of benzene rings is 1. The number of amides is 1. The third-order valence-corrected chi connectivity index (χ3v) is 4.33. The third kappa shape index (κ3) is 4.85. The minimum absolute atomic E-state index is 0.189. The van der Waals surface area contributed by atoms with Gasteiger partial charge in [0, 0.05) is 19.7 Å². The molecule has 1 aromatic rings. The number of carbonyl (C=O) groups is 1. The maximum Gasteiger partial charge on any atom is 0.226 e. The minimum Gasteiger partial charge on any atom is -0.396 e. The summed E-state index contributed by atoms with van der Waals surface area (Å²) in [5.74, 6) is 0.452. The Morgan fingerprint density at radius 2 is 2.00 bits per heavy atom. The Morgan fingerprint density at radius 1 is 1.29 bits per heavy atom. The fourth-order valence-electron chi connectivity index (χ4n) is 2.93. The van der Waals surface area contributed by atoms with Crippen LogP contribution in [0.2, 0.25) is 0 Å². The predicted octanol–water partition coefficient (Wildman–Crippen LogP) is 2.80. The van der Waals surface area contributed by atoms with Crippen molar-refractivity contribution in [1.29, 1.82) is 0 Å². The summed E-state index contributed by atoms with van der Waals surface area (Å²) in [6, 6.07) is 8.45. The van der Waals surface area contributed by atoms with Gasteiger partial charge in [0.2, 0.25) is 5.91 Å². The van der Waals surface area contributed by atoms with Crippen molar-refractivity contribution in [3.63, 3.8) is 0 Å². The van der Waals surface area contributed by atoms with Crippen molar-refractivity contribution in [3.05, 3.63) is 35.4 Å². The van der Waals surface area contributed by atoms with E-state index in [1.165, 1.54) is 18.4 Å². The molecule has 21 heavy (non-hydrogen) atoms. The summed E-state index contributed by atoms with van der Waals surface area (Å²) in [6.07, 6.45) is 6.07. The first kappa shape index (κ1) is 16.0. The van der Waals surface area contributed by atoms with Crippen LogP contribution in [0.25, 0.3) is 0 Å². The molecular formula is C18H27NO2. The van der Waals surface area contributed by atoms with Gasteiger partial charge < -0.3 is 10.0 Å². The van der Waals surface area contributed by atoms with Gasteiger partial charge in [0.25, 0.3) is 0 Å². The Bertz CT molecular complexity index is 441. The van der Waals surface area contributed by atoms with Gasteiger partial charge in [-0.05, 0) is 42.7 Å². The van der Waals surface area contributed by atoms with Crippen LogP contribution in [-0.4, -0.2) is 35.6 Å². The van der Waals surface area contributed by atoms with Gasteiger partial charge in [-0.15, -0.1) is 0 Å². The van der Waals surface area contributed by atoms with E-state index in [2.05, 4.69) is 31.2 Å². The lowest BCUT2D eigenvalue weighted by Gasteiger charge is -2.32. The van der Waals surface area contributed by atoms with Gasteiger partial charge in [-0.25, -0.2) is 0 Å². The van der Waals surface area contributed by atoms with E-state index in [9.17, 15) is 9.90 Å². The molecule has 3 heteroatoms. The summed E-state index contributed by atoms with van der Waals surface area (Å²) in [5, 5.41) is 9.24. The summed E-state index contributed by atoms with van der Waals surface area (Å²) >= 11 is 0. The summed E-state index contributed by atoms with van der Waals surface area (Å²) in [6.45, 7) is 3.94. The van der Waals surface area contributed by atoms with E-state index in [1.54, 1.807) is 0 Å². The van der Waals surface area contributed by atoms with Gasteiger partial charge in [0.1, 0.15) is 0 Å². The smallest absolute Gasteiger partial charge is 0.226 e. The third-order valence-electron chi connectivity index (χ3n) is 4.33. The number of hydrogen-bond donors (Lipinski definition) is 1. The molecule has 0 bridgehead atoms. The van der Waals surface area contributed by atoms with Crippen molar-refractivity contribution in [3.8, 4) is 0 Å². The molecule has 1 saturated heterocycles. The fraction of sp³-hybridized carbons (Fsp3) is 0.611. The molecule has 0 spiro atoms. The summed E-state index contributed by atoms with van der Waals surface area (Å²) in [4.78, 5) is 14.2. The van der Waals surface area contributed by atoms with Gasteiger partial charge in [-0.2, -0.15) is 0 Å². The van der Waals surface area contributed by atoms with Crippen molar-refractivity contribution < 1.29 is 9.90 Å². The maximum atomic E-state index is 12.3. The molecule has 2 rings (SSSR count). The topological polar surface area (TPSA) is 40.5 Å². The molecule has 1 aliphatic rings. The molecule has 1 unspecified atom stereocenters.